The van der Waals surface area contributed by atoms with Crippen LogP contribution >= 0.6 is 23.2 Å². The molecule has 2 rings (SSSR count). The molecule has 4 heteroatoms. The van der Waals surface area contributed by atoms with E-state index >= 15 is 0 Å². The van der Waals surface area contributed by atoms with Crippen molar-refractivity contribution in [1.29, 1.82) is 0 Å². The van der Waals surface area contributed by atoms with E-state index in [9.17, 15) is 0 Å². The van der Waals surface area contributed by atoms with Gasteiger partial charge in [0.2, 0.25) is 0 Å². The average molecular weight is 324 g/mol. The fraction of sp³-hybridized carbons (Fsp3) is 0.294. The van der Waals surface area contributed by atoms with Crippen molar-refractivity contribution in [3.05, 3.63) is 57.1 Å². The average Bonchev–Trinajstić information content (AvgIpc) is 2.45. The molecule has 0 spiro atoms. The summed E-state index contributed by atoms with van der Waals surface area (Å²) in [6.45, 7) is 7.63. The van der Waals surface area contributed by atoms with Crippen LogP contribution in [-0.2, 0) is 6.54 Å². The van der Waals surface area contributed by atoms with Crippen LogP contribution in [0.5, 0.6) is 11.5 Å². The normalized spacial score (nSPS) is 10.7. The lowest BCUT2D eigenvalue weighted by Crippen LogP contribution is -2.12. The topological polar surface area (TPSA) is 21.3 Å². The van der Waals surface area contributed by atoms with Gasteiger partial charge < -0.3 is 10.1 Å². The molecule has 2 nitrogen and oxygen atoms in total. The first-order chi connectivity index (χ1) is 10.0. The van der Waals surface area contributed by atoms with Crippen molar-refractivity contribution in [1.82, 2.24) is 5.32 Å². The van der Waals surface area contributed by atoms with Crippen LogP contribution in [0.3, 0.4) is 0 Å². The second-order valence-electron chi connectivity index (χ2n) is 5.01. The minimum atomic E-state index is 0.707. The van der Waals surface area contributed by atoms with Crippen LogP contribution in [-0.4, -0.2) is 6.54 Å². The molecule has 0 aliphatic heterocycles. The molecule has 0 saturated heterocycles. The Morgan fingerprint density at radius 1 is 1.05 bits per heavy atom. The van der Waals surface area contributed by atoms with Crippen molar-refractivity contribution in [2.75, 3.05) is 6.54 Å². The van der Waals surface area contributed by atoms with Crippen LogP contribution in [0.25, 0.3) is 0 Å². The van der Waals surface area contributed by atoms with Crippen molar-refractivity contribution in [3.8, 4) is 11.5 Å². The van der Waals surface area contributed by atoms with Crippen LogP contribution in [0.2, 0.25) is 10.0 Å². The minimum absolute atomic E-state index is 0.707. The molecule has 2 aromatic carbocycles. The number of benzene rings is 2. The highest BCUT2D eigenvalue weighted by Crippen LogP contribution is 2.31. The van der Waals surface area contributed by atoms with E-state index in [2.05, 4.69) is 12.2 Å². The molecular weight excluding hydrogens is 305 g/mol. The molecule has 112 valence electrons. The SMILES string of the molecule is CCNCc1cc(Cl)ccc1Oc1cc(C)c(Cl)c(C)c1. The summed E-state index contributed by atoms with van der Waals surface area (Å²) in [5.74, 6) is 1.59. The third-order valence-electron chi connectivity index (χ3n) is 3.23. The maximum atomic E-state index is 6.19. The lowest BCUT2D eigenvalue weighted by molar-refractivity contribution is 0.472. The highest BCUT2D eigenvalue weighted by Gasteiger charge is 2.08. The fourth-order valence-corrected chi connectivity index (χ4v) is 2.44. The first-order valence-electron chi connectivity index (χ1n) is 6.95. The quantitative estimate of drug-likeness (QED) is 0.783. The Labute approximate surface area is 136 Å². The number of rotatable bonds is 5. The van der Waals surface area contributed by atoms with E-state index in [0.717, 1.165) is 46.3 Å². The summed E-state index contributed by atoms with van der Waals surface area (Å²) in [7, 11) is 0. The van der Waals surface area contributed by atoms with Crippen LogP contribution < -0.4 is 10.1 Å². The summed E-state index contributed by atoms with van der Waals surface area (Å²) < 4.78 is 6.02. The monoisotopic (exact) mass is 323 g/mol. The van der Waals surface area contributed by atoms with E-state index in [1.165, 1.54) is 0 Å². The Morgan fingerprint density at radius 3 is 2.33 bits per heavy atom. The summed E-state index contributed by atoms with van der Waals surface area (Å²) in [5.41, 5.74) is 3.05. The van der Waals surface area contributed by atoms with Crippen LogP contribution in [0, 0.1) is 13.8 Å². The van der Waals surface area contributed by atoms with Gasteiger partial charge in [0.1, 0.15) is 11.5 Å². The molecule has 21 heavy (non-hydrogen) atoms. The second-order valence-corrected chi connectivity index (χ2v) is 5.82. The predicted molar refractivity (Wildman–Crippen MR) is 89.8 cm³/mol. The van der Waals surface area contributed by atoms with E-state index in [-0.39, 0.29) is 0 Å². The minimum Gasteiger partial charge on any atom is -0.457 e. The Bertz CT molecular complexity index is 618. The van der Waals surface area contributed by atoms with E-state index < -0.39 is 0 Å². The first-order valence-corrected chi connectivity index (χ1v) is 7.70. The molecule has 0 radical (unpaired) electrons. The number of ether oxygens (including phenoxy) is 1. The molecule has 0 fully saturated rings. The predicted octanol–water partition coefficient (Wildman–Crippen LogP) is 5.51. The lowest BCUT2D eigenvalue weighted by Gasteiger charge is -2.14. The lowest BCUT2D eigenvalue weighted by atomic mass is 10.1. The Balaban J connectivity index is 2.30. The van der Waals surface area contributed by atoms with Crippen molar-refractivity contribution in [2.45, 2.75) is 27.3 Å². The summed E-state index contributed by atoms with van der Waals surface area (Å²) >= 11 is 12.3. The molecule has 0 aliphatic rings. The van der Waals surface area contributed by atoms with Gasteiger partial charge in [-0.25, -0.2) is 0 Å². The van der Waals surface area contributed by atoms with Gasteiger partial charge in [-0.3, -0.25) is 0 Å². The van der Waals surface area contributed by atoms with Gasteiger partial charge in [0, 0.05) is 22.2 Å². The molecule has 0 bridgehead atoms. The highest BCUT2D eigenvalue weighted by molar-refractivity contribution is 6.32. The van der Waals surface area contributed by atoms with Crippen LogP contribution in [0.4, 0.5) is 0 Å². The molecule has 2 aromatic rings. The molecular formula is C17H19Cl2NO. The molecule has 0 unspecified atom stereocenters. The standard InChI is InChI=1S/C17H19Cl2NO/c1-4-20-10-13-9-14(18)5-6-16(13)21-15-7-11(2)17(19)12(3)8-15/h5-9,20H,4,10H2,1-3H3. The summed E-state index contributed by atoms with van der Waals surface area (Å²) in [6, 6.07) is 9.55. The van der Waals surface area contributed by atoms with Crippen molar-refractivity contribution in [3.63, 3.8) is 0 Å². The van der Waals surface area contributed by atoms with Gasteiger partial charge in [0.15, 0.2) is 0 Å². The van der Waals surface area contributed by atoms with Gasteiger partial charge in [-0.15, -0.1) is 0 Å². The van der Waals surface area contributed by atoms with Crippen LogP contribution in [0.15, 0.2) is 30.3 Å². The zero-order chi connectivity index (χ0) is 15.4. The number of aryl methyl sites for hydroxylation is 2. The first kappa shape index (κ1) is 16.2. The molecule has 0 atom stereocenters. The number of hydrogen-bond acceptors (Lipinski definition) is 2. The molecule has 0 heterocycles. The third kappa shape index (κ3) is 4.13. The van der Waals surface area contributed by atoms with Crippen molar-refractivity contribution in [2.24, 2.45) is 0 Å². The van der Waals surface area contributed by atoms with E-state index in [4.69, 9.17) is 27.9 Å². The van der Waals surface area contributed by atoms with E-state index in [0.29, 0.717) is 5.02 Å². The largest absolute Gasteiger partial charge is 0.457 e. The van der Waals surface area contributed by atoms with Crippen LogP contribution in [0.1, 0.15) is 23.6 Å². The van der Waals surface area contributed by atoms with Gasteiger partial charge in [0.05, 0.1) is 0 Å². The Kier molecular flexibility index (Phi) is 5.51. The van der Waals surface area contributed by atoms with Crippen molar-refractivity contribution < 1.29 is 4.74 Å². The second kappa shape index (κ2) is 7.17. The molecule has 0 aliphatic carbocycles. The number of halogens is 2. The highest BCUT2D eigenvalue weighted by atomic mass is 35.5. The smallest absolute Gasteiger partial charge is 0.132 e. The van der Waals surface area contributed by atoms with Gasteiger partial charge in [-0.05, 0) is 61.9 Å². The number of hydrogen-bond donors (Lipinski definition) is 1. The number of nitrogens with one attached hydrogen (secondary N) is 1. The van der Waals surface area contributed by atoms with Crippen molar-refractivity contribution >= 4 is 23.2 Å². The summed E-state index contributed by atoms with van der Waals surface area (Å²) in [6.07, 6.45) is 0. The maximum absolute atomic E-state index is 6.19. The summed E-state index contributed by atoms with van der Waals surface area (Å²) in [5, 5.41) is 4.78. The molecule has 0 saturated carbocycles. The summed E-state index contributed by atoms with van der Waals surface area (Å²) in [4.78, 5) is 0. The maximum Gasteiger partial charge on any atom is 0.132 e. The van der Waals surface area contributed by atoms with E-state index in [1.807, 2.05) is 44.2 Å². The van der Waals surface area contributed by atoms with Gasteiger partial charge >= 0.3 is 0 Å². The zero-order valence-corrected chi connectivity index (χ0v) is 14.0. The zero-order valence-electron chi connectivity index (χ0n) is 12.5. The van der Waals surface area contributed by atoms with E-state index in [1.54, 1.807) is 0 Å². The van der Waals surface area contributed by atoms with Gasteiger partial charge in [-0.2, -0.15) is 0 Å². The fourth-order valence-electron chi connectivity index (χ4n) is 2.14. The van der Waals surface area contributed by atoms with Gasteiger partial charge in [0.25, 0.3) is 0 Å². The Hall–Kier alpha value is -1.22. The molecule has 0 aromatic heterocycles. The Morgan fingerprint density at radius 2 is 1.71 bits per heavy atom. The molecule has 0 amide bonds. The third-order valence-corrected chi connectivity index (χ3v) is 4.06. The molecule has 1 N–H and O–H groups in total. The van der Waals surface area contributed by atoms with Gasteiger partial charge in [-0.1, -0.05) is 30.1 Å².